The summed E-state index contributed by atoms with van der Waals surface area (Å²) in [7, 11) is 6.77. The molecule has 6 rings (SSSR count). The van der Waals surface area contributed by atoms with Gasteiger partial charge in [-0.25, -0.2) is 13.8 Å². The molecule has 4 unspecified atom stereocenters. The Hall–Kier alpha value is -4.70. The minimum Gasteiger partial charge on any atom is -0.387 e. The predicted molar refractivity (Wildman–Crippen MR) is 199 cm³/mol. The largest absolute Gasteiger partial charge is 0.387 e. The predicted octanol–water partition coefficient (Wildman–Crippen LogP) is 2.45. The van der Waals surface area contributed by atoms with Gasteiger partial charge in [0, 0.05) is 98.9 Å². The molecule has 2 aliphatic heterocycles. The van der Waals surface area contributed by atoms with Gasteiger partial charge in [0.25, 0.3) is 17.7 Å². The molecule has 1 aromatic heterocycles. The molecule has 3 amide bonds. The summed E-state index contributed by atoms with van der Waals surface area (Å²) in [5.74, 6) is -2.98. The van der Waals surface area contributed by atoms with Crippen LogP contribution in [0.4, 0.5) is 14.5 Å². The molecular weight excluding hydrogens is 722 g/mol. The van der Waals surface area contributed by atoms with Crippen LogP contribution in [0.2, 0.25) is 5.02 Å². The highest BCUT2D eigenvalue weighted by Crippen LogP contribution is 2.46. The lowest BCUT2D eigenvalue weighted by molar-refractivity contribution is -0.884. The van der Waals surface area contributed by atoms with Crippen molar-refractivity contribution >= 4 is 46.3 Å². The van der Waals surface area contributed by atoms with E-state index in [1.165, 1.54) is 55.1 Å². The first-order chi connectivity index (χ1) is 25.6. The minimum absolute atomic E-state index is 0.0495. The van der Waals surface area contributed by atoms with Gasteiger partial charge in [-0.05, 0) is 38.1 Å². The first-order valence-corrected chi connectivity index (χ1v) is 18.2. The van der Waals surface area contributed by atoms with Crippen LogP contribution in [0.5, 0.6) is 0 Å². The molecule has 54 heavy (non-hydrogen) atoms. The van der Waals surface area contributed by atoms with Crippen LogP contribution in [-0.2, 0) is 16.6 Å². The molecule has 3 aliphatic rings. The lowest BCUT2D eigenvalue weighted by Crippen LogP contribution is -3.12. The van der Waals surface area contributed by atoms with E-state index < -0.39 is 23.6 Å². The van der Waals surface area contributed by atoms with E-state index in [0.717, 1.165) is 4.90 Å². The summed E-state index contributed by atoms with van der Waals surface area (Å²) in [5.41, 5.74) is 1.41. The van der Waals surface area contributed by atoms with Gasteiger partial charge in [-0.2, -0.15) is 0 Å². The Bertz CT molecular complexity index is 2030. The van der Waals surface area contributed by atoms with Crippen molar-refractivity contribution < 1.29 is 37.9 Å². The first kappa shape index (κ1) is 39.0. The molecule has 5 N–H and O–H groups in total. The number of allylic oxidation sites excluding steroid dienone is 2. The van der Waals surface area contributed by atoms with E-state index in [2.05, 4.69) is 15.6 Å². The van der Waals surface area contributed by atoms with E-state index in [0.29, 0.717) is 50.6 Å². The van der Waals surface area contributed by atoms with Crippen molar-refractivity contribution in [3.05, 3.63) is 75.8 Å². The number of nitrogens with one attached hydrogen (secondary N) is 4. The van der Waals surface area contributed by atoms with Crippen molar-refractivity contribution in [1.82, 2.24) is 24.7 Å². The number of carbonyl (C=O) groups is 3. The van der Waals surface area contributed by atoms with Crippen molar-refractivity contribution in [2.75, 3.05) is 59.3 Å². The standard InChI is InChI=1S/C38H45ClF2N8O5/c1-19(42)31(20(2)46(3)11-12-54-6)25-10-9-24(32(40)33(25)41)30-15-43-35(48(30)5)37(52)44-21-7-8-23(28(39)13-21)36(51)45-34-26-17-49(18-27(26)34)38(53)29-14-22(50)16-47(29)4/h7-10,13,15,22,26-27,29,34,42,50H,11-12,14,16-18H2,1-6H3,(H,44,52)(H,45,51)/p+1/b31-20+,42-19?/t22?,26-,27+,29?,34?. The zero-order valence-electron chi connectivity index (χ0n) is 31.1. The maximum absolute atomic E-state index is 15.7. The first-order valence-electron chi connectivity index (χ1n) is 17.8. The number of carbonyl (C=O) groups excluding carboxylic acids is 3. The van der Waals surface area contributed by atoms with Crippen LogP contribution >= 0.6 is 11.6 Å². The van der Waals surface area contributed by atoms with Crippen molar-refractivity contribution in [3.63, 3.8) is 0 Å². The van der Waals surface area contributed by atoms with Crippen molar-refractivity contribution in [2.45, 2.75) is 38.5 Å². The molecule has 6 atom stereocenters. The second-order valence-corrected chi connectivity index (χ2v) is 14.9. The average molecular weight is 768 g/mol. The number of nitrogens with zero attached hydrogens (tertiary/aromatic N) is 4. The number of ether oxygens (including phenoxy) is 1. The van der Waals surface area contributed by atoms with E-state index in [-0.39, 0.29) is 80.2 Å². The molecule has 2 aromatic carbocycles. The summed E-state index contributed by atoms with van der Waals surface area (Å²) in [6.45, 7) is 5.83. The number of rotatable bonds is 12. The maximum atomic E-state index is 15.7. The van der Waals surface area contributed by atoms with Gasteiger partial charge in [0.1, 0.15) is 12.6 Å². The van der Waals surface area contributed by atoms with E-state index in [4.69, 9.17) is 21.7 Å². The van der Waals surface area contributed by atoms with Gasteiger partial charge in [-0.15, -0.1) is 0 Å². The molecule has 3 fully saturated rings. The molecule has 0 spiro atoms. The molecule has 1 aliphatic carbocycles. The molecule has 13 nitrogen and oxygen atoms in total. The molecule has 2 saturated heterocycles. The Balaban J connectivity index is 1.09. The third-order valence-corrected chi connectivity index (χ3v) is 11.3. The number of hydrogen-bond acceptors (Lipinski definition) is 8. The maximum Gasteiger partial charge on any atom is 0.291 e. The SMILES string of the molecule is COCCN(C)/C(C)=C(\C(C)=N)c1ccc(-c2cnc(C(=O)Nc3ccc(C(=O)NC4[C@H]5CN(C(=O)C6CC(O)C[NH+]6C)C[C@@H]45)c(Cl)c3)n2C)c(F)c1F. The number of hydrogen-bond donors (Lipinski definition) is 5. The van der Waals surface area contributed by atoms with E-state index >= 15 is 8.78 Å². The molecule has 288 valence electrons. The van der Waals surface area contributed by atoms with Gasteiger partial charge in [0.05, 0.1) is 36.1 Å². The monoisotopic (exact) mass is 767 g/mol. The summed E-state index contributed by atoms with van der Waals surface area (Å²) < 4.78 is 37.8. The van der Waals surface area contributed by atoms with Crippen molar-refractivity contribution in [2.24, 2.45) is 18.9 Å². The Morgan fingerprint density at radius 2 is 1.80 bits per heavy atom. The smallest absolute Gasteiger partial charge is 0.291 e. The second kappa shape index (κ2) is 15.6. The summed E-state index contributed by atoms with van der Waals surface area (Å²) >= 11 is 6.49. The number of anilines is 1. The average Bonchev–Trinajstić information content (AvgIpc) is 3.47. The second-order valence-electron chi connectivity index (χ2n) is 14.5. The van der Waals surface area contributed by atoms with Crippen molar-refractivity contribution in [3.8, 4) is 11.3 Å². The van der Waals surface area contributed by atoms with Crippen LogP contribution in [-0.4, -0.2) is 120 Å². The number of aliphatic hydroxyl groups excluding tert-OH is 1. The van der Waals surface area contributed by atoms with Crippen molar-refractivity contribution in [1.29, 1.82) is 5.41 Å². The number of aromatic nitrogens is 2. The molecule has 1 saturated carbocycles. The van der Waals surface area contributed by atoms with Crippen LogP contribution in [0.3, 0.4) is 0 Å². The van der Waals surface area contributed by atoms with Gasteiger partial charge in [-0.3, -0.25) is 14.4 Å². The third-order valence-electron chi connectivity index (χ3n) is 11.0. The van der Waals surface area contributed by atoms with E-state index in [1.807, 2.05) is 16.8 Å². The van der Waals surface area contributed by atoms with Gasteiger partial charge in [0.2, 0.25) is 0 Å². The Kier molecular flexibility index (Phi) is 11.2. The number of fused-ring (bicyclic) bond motifs is 1. The number of halogens is 3. The lowest BCUT2D eigenvalue weighted by Gasteiger charge is -2.24. The van der Waals surface area contributed by atoms with Crippen LogP contribution in [0.25, 0.3) is 16.8 Å². The summed E-state index contributed by atoms with van der Waals surface area (Å²) in [5, 5.41) is 24.1. The van der Waals surface area contributed by atoms with E-state index in [1.54, 1.807) is 21.1 Å². The number of quaternary nitrogens is 1. The number of methoxy groups -OCH3 is 1. The number of piperidine rings is 1. The number of amides is 3. The summed E-state index contributed by atoms with van der Waals surface area (Å²) in [6, 6.07) is 6.98. The summed E-state index contributed by atoms with van der Waals surface area (Å²) in [4.78, 5) is 48.3. The number of likely N-dealkylation sites (N-methyl/N-ethyl adjacent to an activating group) is 2. The van der Waals surface area contributed by atoms with Gasteiger partial charge in [-0.1, -0.05) is 17.7 Å². The highest BCUT2D eigenvalue weighted by atomic mass is 35.5. The molecular formula is C38H46ClF2N8O5+. The molecule has 3 heterocycles. The fourth-order valence-electron chi connectivity index (χ4n) is 7.78. The highest BCUT2D eigenvalue weighted by Gasteiger charge is 2.58. The fraction of sp³-hybridized carbons (Fsp3) is 0.447. The molecule has 3 aromatic rings. The quantitative estimate of drug-likeness (QED) is 0.177. The topological polar surface area (TPSA) is 157 Å². The van der Waals surface area contributed by atoms with Crippen LogP contribution < -0.4 is 15.5 Å². The normalized spacial score (nSPS) is 23.5. The third kappa shape index (κ3) is 7.50. The highest BCUT2D eigenvalue weighted by molar-refractivity contribution is 6.34. The van der Waals surface area contributed by atoms with Crippen LogP contribution in [0, 0.1) is 28.9 Å². The Morgan fingerprint density at radius 1 is 1.11 bits per heavy atom. The zero-order valence-corrected chi connectivity index (χ0v) is 31.9. The molecule has 16 heteroatoms. The minimum atomic E-state index is -1.15. The van der Waals surface area contributed by atoms with Crippen LogP contribution in [0.1, 0.15) is 46.8 Å². The number of imidazole rings is 1. The van der Waals surface area contributed by atoms with Gasteiger partial charge >= 0.3 is 0 Å². The van der Waals surface area contributed by atoms with Gasteiger partial charge < -0.3 is 45.2 Å². The number of aliphatic hydroxyl groups is 1. The molecule has 0 bridgehead atoms. The zero-order chi connectivity index (χ0) is 39.2. The summed E-state index contributed by atoms with van der Waals surface area (Å²) in [6.07, 6.45) is 1.27. The molecule has 0 radical (unpaired) electrons. The number of benzene rings is 2. The number of likely N-dealkylation sites (tertiary alicyclic amines) is 2. The Morgan fingerprint density at radius 3 is 2.41 bits per heavy atom. The Labute approximate surface area is 317 Å². The van der Waals surface area contributed by atoms with E-state index in [9.17, 15) is 19.5 Å². The van der Waals surface area contributed by atoms with Gasteiger partial charge in [0.15, 0.2) is 23.5 Å². The lowest BCUT2D eigenvalue weighted by atomic mass is 9.96. The fourth-order valence-corrected chi connectivity index (χ4v) is 8.05. The van der Waals surface area contributed by atoms with Crippen LogP contribution in [0.15, 0.2) is 42.2 Å².